The average molecular weight is 384 g/mol. The lowest BCUT2D eigenvalue weighted by Gasteiger charge is -2.15. The largest absolute Gasteiger partial charge is 0.350 e. The summed E-state index contributed by atoms with van der Waals surface area (Å²) in [5, 5.41) is 13.5. The third-order valence-electron chi connectivity index (χ3n) is 3.90. The molecule has 8 heteroatoms. The number of aryl methyl sites for hydroxylation is 1. The lowest BCUT2D eigenvalue weighted by molar-refractivity contribution is -0.121. The minimum atomic E-state index is -0.185. The van der Waals surface area contributed by atoms with Crippen LogP contribution in [0.15, 0.2) is 45.6 Å². The number of benzene rings is 1. The van der Waals surface area contributed by atoms with Crippen molar-refractivity contribution in [2.75, 3.05) is 5.32 Å². The third kappa shape index (κ3) is 5.24. The van der Waals surface area contributed by atoms with Gasteiger partial charge in [0.05, 0.1) is 6.04 Å². The van der Waals surface area contributed by atoms with Gasteiger partial charge in [0.1, 0.15) is 0 Å². The molecule has 0 spiro atoms. The number of nitrogens with zero attached hydrogens (tertiary/aromatic N) is 2. The summed E-state index contributed by atoms with van der Waals surface area (Å²) in [4.78, 5) is 27.7. The van der Waals surface area contributed by atoms with Gasteiger partial charge in [0.15, 0.2) is 0 Å². The molecule has 3 rings (SSSR count). The molecular weight excluding hydrogens is 364 g/mol. The molecule has 1 atom stereocenters. The Morgan fingerprint density at radius 1 is 1.30 bits per heavy atom. The number of carbonyl (C=O) groups excluding carboxylic acids is 2. The fraction of sp³-hybridized carbons (Fsp3) is 0.263. The van der Waals surface area contributed by atoms with E-state index >= 15 is 0 Å². The molecule has 0 radical (unpaired) electrons. The van der Waals surface area contributed by atoms with Crippen LogP contribution >= 0.6 is 11.3 Å². The topological polar surface area (TPSA) is 97.1 Å². The van der Waals surface area contributed by atoms with Crippen LogP contribution in [0.2, 0.25) is 0 Å². The maximum Gasteiger partial charge on any atom is 0.227 e. The highest BCUT2D eigenvalue weighted by Gasteiger charge is 2.13. The Balaban J connectivity index is 1.52. The number of anilines is 1. The molecule has 1 unspecified atom stereocenters. The lowest BCUT2D eigenvalue weighted by atomic mass is 10.1. The van der Waals surface area contributed by atoms with Crippen LogP contribution < -0.4 is 10.6 Å². The smallest absolute Gasteiger partial charge is 0.227 e. The first-order chi connectivity index (χ1) is 13.0. The van der Waals surface area contributed by atoms with E-state index in [0.29, 0.717) is 23.8 Å². The fourth-order valence-corrected chi connectivity index (χ4v) is 3.21. The molecule has 2 amide bonds. The summed E-state index contributed by atoms with van der Waals surface area (Å²) in [5.41, 5.74) is 2.52. The molecule has 0 aliphatic carbocycles. The SMILES string of the molecule is CC(=O)Nc1cccc(C(C)NC(=O)CCc2nc(-c3ccsc3)no2)c1. The summed E-state index contributed by atoms with van der Waals surface area (Å²) >= 11 is 1.56. The second-order valence-corrected chi connectivity index (χ2v) is 6.90. The van der Waals surface area contributed by atoms with Crippen molar-refractivity contribution < 1.29 is 14.1 Å². The van der Waals surface area contributed by atoms with Crippen molar-refractivity contribution in [3.63, 3.8) is 0 Å². The van der Waals surface area contributed by atoms with Gasteiger partial charge in [0.2, 0.25) is 23.5 Å². The molecule has 0 bridgehead atoms. The van der Waals surface area contributed by atoms with Gasteiger partial charge in [0.25, 0.3) is 0 Å². The van der Waals surface area contributed by atoms with Gasteiger partial charge in [-0.15, -0.1) is 0 Å². The van der Waals surface area contributed by atoms with E-state index in [4.69, 9.17) is 4.52 Å². The van der Waals surface area contributed by atoms with Gasteiger partial charge >= 0.3 is 0 Å². The van der Waals surface area contributed by atoms with E-state index in [0.717, 1.165) is 11.1 Å². The molecule has 3 aromatic rings. The Labute approximate surface area is 160 Å². The number of aromatic nitrogens is 2. The van der Waals surface area contributed by atoms with E-state index in [1.54, 1.807) is 17.4 Å². The highest BCUT2D eigenvalue weighted by molar-refractivity contribution is 7.08. The van der Waals surface area contributed by atoms with Crippen molar-refractivity contribution in [3.8, 4) is 11.4 Å². The van der Waals surface area contributed by atoms with Gasteiger partial charge in [-0.25, -0.2) is 0 Å². The van der Waals surface area contributed by atoms with E-state index < -0.39 is 0 Å². The van der Waals surface area contributed by atoms with Crippen molar-refractivity contribution >= 4 is 28.8 Å². The normalized spacial score (nSPS) is 11.8. The van der Waals surface area contributed by atoms with Gasteiger partial charge in [-0.1, -0.05) is 17.3 Å². The molecule has 1 aromatic carbocycles. The molecule has 2 N–H and O–H groups in total. The highest BCUT2D eigenvalue weighted by Crippen LogP contribution is 2.20. The highest BCUT2D eigenvalue weighted by atomic mass is 32.1. The number of thiophene rings is 1. The average Bonchev–Trinajstić information content (AvgIpc) is 3.31. The number of hydrogen-bond acceptors (Lipinski definition) is 6. The predicted octanol–water partition coefficient (Wildman–Crippen LogP) is 3.57. The number of nitrogens with one attached hydrogen (secondary N) is 2. The van der Waals surface area contributed by atoms with Crippen LogP contribution in [0.4, 0.5) is 5.69 Å². The zero-order valence-electron chi connectivity index (χ0n) is 15.1. The van der Waals surface area contributed by atoms with Gasteiger partial charge < -0.3 is 15.2 Å². The van der Waals surface area contributed by atoms with Gasteiger partial charge in [-0.2, -0.15) is 16.3 Å². The Morgan fingerprint density at radius 2 is 2.15 bits per heavy atom. The molecule has 0 saturated heterocycles. The van der Waals surface area contributed by atoms with Crippen molar-refractivity contribution in [1.82, 2.24) is 15.5 Å². The van der Waals surface area contributed by atoms with Crippen molar-refractivity contribution in [3.05, 3.63) is 52.5 Å². The van der Waals surface area contributed by atoms with E-state index in [1.165, 1.54) is 6.92 Å². The molecule has 0 aliphatic heterocycles. The number of rotatable bonds is 7. The third-order valence-corrected chi connectivity index (χ3v) is 4.58. The zero-order valence-corrected chi connectivity index (χ0v) is 15.9. The first-order valence-corrected chi connectivity index (χ1v) is 9.47. The number of amides is 2. The molecule has 0 aliphatic rings. The molecule has 27 heavy (non-hydrogen) atoms. The van der Waals surface area contributed by atoms with Crippen LogP contribution in [-0.4, -0.2) is 22.0 Å². The molecular formula is C19H20N4O3S. The molecule has 0 fully saturated rings. The minimum Gasteiger partial charge on any atom is -0.350 e. The monoisotopic (exact) mass is 384 g/mol. The molecule has 140 valence electrons. The van der Waals surface area contributed by atoms with Crippen LogP contribution in [0.5, 0.6) is 0 Å². The first-order valence-electron chi connectivity index (χ1n) is 8.53. The Morgan fingerprint density at radius 3 is 2.89 bits per heavy atom. The number of carbonyl (C=O) groups is 2. The Kier molecular flexibility index (Phi) is 5.97. The van der Waals surface area contributed by atoms with Crippen molar-refractivity contribution in [2.24, 2.45) is 0 Å². The maximum absolute atomic E-state index is 12.2. The first kappa shape index (κ1) is 18.8. The summed E-state index contributed by atoms with van der Waals surface area (Å²) in [6.07, 6.45) is 0.628. The van der Waals surface area contributed by atoms with Gasteiger partial charge in [-0.3, -0.25) is 9.59 Å². The maximum atomic E-state index is 12.2. The van der Waals surface area contributed by atoms with Crippen LogP contribution in [0, 0.1) is 0 Å². The van der Waals surface area contributed by atoms with E-state index in [1.807, 2.05) is 41.9 Å². The summed E-state index contributed by atoms with van der Waals surface area (Å²) < 4.78 is 5.20. The molecule has 0 saturated carbocycles. The second-order valence-electron chi connectivity index (χ2n) is 6.12. The van der Waals surface area contributed by atoms with Crippen LogP contribution in [0.25, 0.3) is 11.4 Å². The van der Waals surface area contributed by atoms with Gasteiger partial charge in [0, 0.05) is 36.4 Å². The molecule has 2 heterocycles. The Bertz CT molecular complexity index is 921. The van der Waals surface area contributed by atoms with E-state index in [2.05, 4.69) is 20.8 Å². The van der Waals surface area contributed by atoms with Crippen molar-refractivity contribution in [1.29, 1.82) is 0 Å². The van der Waals surface area contributed by atoms with Gasteiger partial charge in [-0.05, 0) is 36.1 Å². The van der Waals surface area contributed by atoms with Crippen LogP contribution in [0.3, 0.4) is 0 Å². The van der Waals surface area contributed by atoms with E-state index in [-0.39, 0.29) is 24.3 Å². The predicted molar refractivity (Wildman–Crippen MR) is 103 cm³/mol. The molecule has 7 nitrogen and oxygen atoms in total. The summed E-state index contributed by atoms with van der Waals surface area (Å²) in [6, 6.07) is 9.13. The van der Waals surface area contributed by atoms with Crippen molar-refractivity contribution in [2.45, 2.75) is 32.7 Å². The minimum absolute atomic E-state index is 0.109. The standard InChI is InChI=1S/C19H20N4O3S/c1-12(14-4-3-5-16(10-14)21-13(2)24)20-17(25)6-7-18-22-19(23-26-18)15-8-9-27-11-15/h3-5,8-12H,6-7H2,1-2H3,(H,20,25)(H,21,24). The van der Waals surface area contributed by atoms with Crippen LogP contribution in [0.1, 0.15) is 37.8 Å². The zero-order chi connectivity index (χ0) is 19.2. The quantitative estimate of drug-likeness (QED) is 0.649. The summed E-state index contributed by atoms with van der Waals surface area (Å²) in [7, 11) is 0. The summed E-state index contributed by atoms with van der Waals surface area (Å²) in [5.74, 6) is 0.731. The van der Waals surface area contributed by atoms with E-state index in [9.17, 15) is 9.59 Å². The van der Waals surface area contributed by atoms with Crippen LogP contribution in [-0.2, 0) is 16.0 Å². The summed E-state index contributed by atoms with van der Waals surface area (Å²) in [6.45, 7) is 3.35. The fourth-order valence-electron chi connectivity index (χ4n) is 2.57. The lowest BCUT2D eigenvalue weighted by Crippen LogP contribution is -2.26. The molecule has 2 aromatic heterocycles. The second kappa shape index (κ2) is 8.59. The Hall–Kier alpha value is -3.00. The number of hydrogen-bond donors (Lipinski definition) is 2.